The third kappa shape index (κ3) is 3.92. The van der Waals surface area contributed by atoms with Crippen LogP contribution in [0.4, 0.5) is 13.2 Å². The molecule has 0 N–H and O–H groups in total. The topological polar surface area (TPSA) is 43.4 Å². The van der Waals surface area contributed by atoms with Gasteiger partial charge >= 0.3 is 15.6 Å². The molecule has 0 spiro atoms. The Labute approximate surface area is 148 Å². The smallest absolute Gasteiger partial charge is 0.367 e. The molecule has 4 rings (SSSR count). The van der Waals surface area contributed by atoms with E-state index in [9.17, 15) is 21.6 Å². The van der Waals surface area contributed by atoms with E-state index in [1.54, 1.807) is 0 Å². The molecule has 4 bridgehead atoms. The molecule has 0 aromatic heterocycles. The van der Waals surface area contributed by atoms with E-state index in [1.807, 2.05) is 19.6 Å². The highest BCUT2D eigenvalue weighted by atomic mass is 32.2. The van der Waals surface area contributed by atoms with Crippen molar-refractivity contribution in [2.24, 2.45) is 23.7 Å². The summed E-state index contributed by atoms with van der Waals surface area (Å²) in [4.78, 5) is 0. The van der Waals surface area contributed by atoms with Crippen LogP contribution in [0.25, 0.3) is 0 Å². The molecule has 4 aliphatic carbocycles. The van der Waals surface area contributed by atoms with Gasteiger partial charge < -0.3 is 4.18 Å². The van der Waals surface area contributed by atoms with Gasteiger partial charge in [0.2, 0.25) is 0 Å². The molecule has 4 aliphatic rings. The molecule has 0 aromatic rings. The second kappa shape index (κ2) is 6.05. The Morgan fingerprint density at radius 2 is 1.52 bits per heavy atom. The van der Waals surface area contributed by atoms with Crippen LogP contribution < -0.4 is 0 Å². The van der Waals surface area contributed by atoms with Crippen LogP contribution in [0, 0.1) is 35.1 Å². The fourth-order valence-corrected chi connectivity index (χ4v) is 5.55. The van der Waals surface area contributed by atoms with Gasteiger partial charge in [0.25, 0.3) is 0 Å². The molecule has 0 unspecified atom stereocenters. The van der Waals surface area contributed by atoms with Gasteiger partial charge in [0.05, 0.1) is 0 Å². The van der Waals surface area contributed by atoms with Gasteiger partial charge in [-0.25, -0.2) is 0 Å². The molecule has 8 heteroatoms. The van der Waals surface area contributed by atoms with Gasteiger partial charge in [0.15, 0.2) is 5.76 Å². The van der Waals surface area contributed by atoms with Crippen molar-refractivity contribution in [3.05, 3.63) is 11.3 Å². The lowest BCUT2D eigenvalue weighted by molar-refractivity contribution is -0.0522. The SMILES string of the molecule is C[Si](C)(C)C#CC(OS(=O)(=O)C(F)(F)F)=C1C2CC3CC(C2)CC1C3. The lowest BCUT2D eigenvalue weighted by Gasteiger charge is -2.51. The third-order valence-electron chi connectivity index (χ3n) is 5.31. The average Bonchev–Trinajstić information content (AvgIpc) is 2.40. The molecule has 0 amide bonds. The monoisotopic (exact) mass is 392 g/mol. The first-order valence-corrected chi connectivity index (χ1v) is 13.5. The summed E-state index contributed by atoms with van der Waals surface area (Å²) in [6.07, 6.45) is 4.84. The molecule has 25 heavy (non-hydrogen) atoms. The van der Waals surface area contributed by atoms with Crippen LogP contribution in [0.3, 0.4) is 0 Å². The maximum absolute atomic E-state index is 12.8. The van der Waals surface area contributed by atoms with Crippen molar-refractivity contribution in [3.63, 3.8) is 0 Å². The molecule has 4 saturated carbocycles. The van der Waals surface area contributed by atoms with Gasteiger partial charge in [0.1, 0.15) is 8.07 Å². The van der Waals surface area contributed by atoms with Gasteiger partial charge in [-0.15, -0.1) is 5.54 Å². The highest BCUT2D eigenvalue weighted by Gasteiger charge is 2.51. The molecule has 0 aliphatic heterocycles. The van der Waals surface area contributed by atoms with Crippen LogP contribution in [-0.2, 0) is 14.3 Å². The fraction of sp³-hybridized carbons (Fsp3) is 0.765. The predicted octanol–water partition coefficient (Wildman–Crippen LogP) is 4.44. The maximum atomic E-state index is 12.8. The van der Waals surface area contributed by atoms with E-state index in [1.165, 1.54) is 6.42 Å². The van der Waals surface area contributed by atoms with Crippen LogP contribution >= 0.6 is 0 Å². The minimum absolute atomic E-state index is 0.116. The van der Waals surface area contributed by atoms with Gasteiger partial charge in [0, 0.05) is 0 Å². The van der Waals surface area contributed by atoms with E-state index in [4.69, 9.17) is 0 Å². The number of hydrogen-bond acceptors (Lipinski definition) is 3. The Hall–Kier alpha value is -0.943. The second-order valence-corrected chi connectivity index (χ2v) is 14.9. The highest BCUT2D eigenvalue weighted by Crippen LogP contribution is 2.57. The largest absolute Gasteiger partial charge is 0.534 e. The summed E-state index contributed by atoms with van der Waals surface area (Å²) in [6, 6.07) is 0. The Morgan fingerprint density at radius 3 is 1.92 bits per heavy atom. The van der Waals surface area contributed by atoms with Crippen molar-refractivity contribution >= 4 is 18.2 Å². The maximum Gasteiger partial charge on any atom is 0.534 e. The zero-order valence-electron chi connectivity index (χ0n) is 14.6. The molecule has 4 fully saturated rings. The molecule has 0 aromatic carbocycles. The van der Waals surface area contributed by atoms with E-state index in [2.05, 4.69) is 15.6 Å². The Kier molecular flexibility index (Phi) is 4.56. The molecule has 0 atom stereocenters. The first-order valence-electron chi connectivity index (χ1n) is 8.64. The van der Waals surface area contributed by atoms with Crippen molar-refractivity contribution < 1.29 is 25.8 Å². The summed E-state index contributed by atoms with van der Waals surface area (Å²) in [5.74, 6) is 3.91. The number of alkyl halides is 3. The number of halogens is 3. The zero-order valence-corrected chi connectivity index (χ0v) is 16.4. The summed E-state index contributed by atoms with van der Waals surface area (Å²) in [5, 5.41) is 0. The Balaban J connectivity index is 2.04. The average molecular weight is 393 g/mol. The van der Waals surface area contributed by atoms with Crippen molar-refractivity contribution in [1.82, 2.24) is 0 Å². The normalized spacial score (nSPS) is 31.5. The molecule has 0 radical (unpaired) electrons. The van der Waals surface area contributed by atoms with Gasteiger partial charge in [-0.1, -0.05) is 19.6 Å². The summed E-state index contributed by atoms with van der Waals surface area (Å²) in [5.41, 5.74) is -1.73. The van der Waals surface area contributed by atoms with Crippen molar-refractivity contribution in [2.75, 3.05) is 0 Å². The number of rotatable bonds is 2. The molecule has 140 valence electrons. The first-order chi connectivity index (χ1) is 11.4. The third-order valence-corrected chi connectivity index (χ3v) is 7.14. The van der Waals surface area contributed by atoms with Crippen molar-refractivity contribution in [1.29, 1.82) is 0 Å². The van der Waals surface area contributed by atoms with E-state index >= 15 is 0 Å². The molecule has 0 saturated heterocycles. The number of hydrogen-bond donors (Lipinski definition) is 0. The van der Waals surface area contributed by atoms with Crippen LogP contribution in [0.15, 0.2) is 11.3 Å². The van der Waals surface area contributed by atoms with Gasteiger partial charge in [-0.05, 0) is 67.3 Å². The Morgan fingerprint density at radius 1 is 1.04 bits per heavy atom. The lowest BCUT2D eigenvalue weighted by Crippen LogP contribution is -2.41. The molecular formula is C17H23F3O3SSi. The van der Waals surface area contributed by atoms with Gasteiger partial charge in [-0.2, -0.15) is 21.6 Å². The first kappa shape index (κ1) is 18.8. The molecule has 0 heterocycles. The zero-order chi connectivity index (χ0) is 18.6. The van der Waals surface area contributed by atoms with Crippen LogP contribution in [-0.4, -0.2) is 22.0 Å². The van der Waals surface area contributed by atoms with E-state index < -0.39 is 23.7 Å². The standard InChI is InChI=1S/C17H23F3O3SSi/c1-25(2,3)5-4-15(23-24(21,22)17(18,19)20)16-13-7-11-6-12(9-13)10-14(16)8-11/h11-14H,6-10H2,1-3H3. The molecular weight excluding hydrogens is 369 g/mol. The Bertz CT molecular complexity index is 721. The van der Waals surface area contributed by atoms with Crippen molar-refractivity contribution in [3.8, 4) is 11.5 Å². The van der Waals surface area contributed by atoms with Crippen LogP contribution in [0.2, 0.25) is 19.6 Å². The summed E-state index contributed by atoms with van der Waals surface area (Å²) >= 11 is 0. The predicted molar refractivity (Wildman–Crippen MR) is 91.3 cm³/mol. The van der Waals surface area contributed by atoms with Gasteiger partial charge in [-0.3, -0.25) is 0 Å². The minimum Gasteiger partial charge on any atom is -0.367 e. The van der Waals surface area contributed by atoms with Crippen LogP contribution in [0.1, 0.15) is 32.1 Å². The second-order valence-electron chi connectivity index (χ2n) is 8.57. The fourth-order valence-electron chi connectivity index (χ4n) is 4.61. The van der Waals surface area contributed by atoms with E-state index in [0.717, 1.165) is 31.3 Å². The minimum atomic E-state index is -5.69. The lowest BCUT2D eigenvalue weighted by atomic mass is 9.54. The van der Waals surface area contributed by atoms with Crippen LogP contribution in [0.5, 0.6) is 0 Å². The highest BCUT2D eigenvalue weighted by molar-refractivity contribution is 7.87. The summed E-state index contributed by atoms with van der Waals surface area (Å²) in [7, 11) is -7.59. The summed E-state index contributed by atoms with van der Waals surface area (Å²) in [6.45, 7) is 5.87. The van der Waals surface area contributed by atoms with E-state index in [0.29, 0.717) is 11.8 Å². The summed E-state index contributed by atoms with van der Waals surface area (Å²) < 4.78 is 66.2. The van der Waals surface area contributed by atoms with Crippen molar-refractivity contribution in [2.45, 2.75) is 57.3 Å². The van der Waals surface area contributed by atoms with E-state index in [-0.39, 0.29) is 17.6 Å². The molecule has 3 nitrogen and oxygen atoms in total. The quantitative estimate of drug-likeness (QED) is 0.229. The number of allylic oxidation sites excluding steroid dienone is 2.